The van der Waals surface area contributed by atoms with Gasteiger partial charge in [0, 0.05) is 11.3 Å². The number of carbonyl (C=O) groups is 1. The Hall–Kier alpha value is -0.460. The molecule has 112 valence electrons. The van der Waals surface area contributed by atoms with E-state index in [1.165, 1.54) is 0 Å². The smallest absolute Gasteiger partial charge is 0.327 e. The molecule has 0 aromatic carbocycles. The first-order valence-corrected chi connectivity index (χ1v) is 8.18. The van der Waals surface area contributed by atoms with E-state index in [1.807, 2.05) is 0 Å². The van der Waals surface area contributed by atoms with Gasteiger partial charge in [-0.2, -0.15) is 0 Å². The summed E-state index contributed by atoms with van der Waals surface area (Å²) in [5.74, 6) is -0.377. The summed E-state index contributed by atoms with van der Waals surface area (Å²) in [4.78, 5) is 12.3. The first-order valence-electron chi connectivity index (χ1n) is 7.11. The van der Waals surface area contributed by atoms with Gasteiger partial charge in [-0.15, -0.1) is 0 Å². The first kappa shape index (κ1) is 16.6. The van der Waals surface area contributed by atoms with Crippen molar-refractivity contribution < 1.29 is 18.3 Å². The van der Waals surface area contributed by atoms with Crippen LogP contribution in [0.5, 0.6) is 0 Å². The van der Waals surface area contributed by atoms with Gasteiger partial charge in [-0.05, 0) is 32.1 Å². The van der Waals surface area contributed by atoms with Crippen LogP contribution in [-0.4, -0.2) is 26.9 Å². The minimum absolute atomic E-state index is 0.0400. The van der Waals surface area contributed by atoms with Crippen molar-refractivity contribution in [1.29, 1.82) is 0 Å². The second kappa shape index (κ2) is 7.97. The third-order valence-electron chi connectivity index (χ3n) is 3.88. The van der Waals surface area contributed by atoms with Crippen molar-refractivity contribution in [2.24, 2.45) is 5.92 Å². The zero-order valence-electron chi connectivity index (χ0n) is 11.8. The molecule has 0 aromatic rings. The van der Waals surface area contributed by atoms with Crippen LogP contribution >= 0.6 is 0 Å². The molecule has 0 amide bonds. The Kier molecular flexibility index (Phi) is 6.96. The Morgan fingerprint density at radius 2 is 2.21 bits per heavy atom. The van der Waals surface area contributed by atoms with Crippen molar-refractivity contribution >= 4 is 17.2 Å². The van der Waals surface area contributed by atoms with Crippen LogP contribution in [0, 0.1) is 5.92 Å². The number of rotatable bonds is 7. The number of ether oxygens (including phenoxy) is 1. The van der Waals surface area contributed by atoms with E-state index >= 15 is 0 Å². The van der Waals surface area contributed by atoms with E-state index in [0.717, 1.165) is 38.5 Å². The molecular weight excluding hydrogens is 266 g/mol. The van der Waals surface area contributed by atoms with Crippen molar-refractivity contribution in [3.63, 3.8) is 0 Å². The van der Waals surface area contributed by atoms with Gasteiger partial charge >= 0.3 is 5.97 Å². The van der Waals surface area contributed by atoms with Gasteiger partial charge in [-0.3, -0.25) is 9.00 Å². The summed E-state index contributed by atoms with van der Waals surface area (Å²) >= 11 is -2.45. The molecule has 1 saturated carbocycles. The molecule has 0 saturated heterocycles. The number of esters is 1. The van der Waals surface area contributed by atoms with E-state index in [2.05, 4.69) is 11.6 Å². The molecule has 6 heteroatoms. The number of carbonyl (C=O) groups excluding carboxylic acids is 1. The molecule has 1 aliphatic carbocycles. The van der Waals surface area contributed by atoms with Crippen molar-refractivity contribution in [2.75, 3.05) is 6.61 Å². The standard InChI is InChI=1S/C13H25NO4S/c1-3-5-8-11-9-6-7-10-13(11,14-19(16)17)12(15)18-4-2/h11,14H,3-10H2,1-2H3,(H,16,17)/p-1. The molecule has 0 heterocycles. The summed E-state index contributed by atoms with van der Waals surface area (Å²) < 4.78 is 29.8. The molecule has 5 nitrogen and oxygen atoms in total. The van der Waals surface area contributed by atoms with Crippen molar-refractivity contribution in [3.8, 4) is 0 Å². The Labute approximate surface area is 117 Å². The van der Waals surface area contributed by atoms with E-state index in [-0.39, 0.29) is 12.5 Å². The van der Waals surface area contributed by atoms with E-state index in [0.29, 0.717) is 6.42 Å². The lowest BCUT2D eigenvalue weighted by Gasteiger charge is -2.43. The van der Waals surface area contributed by atoms with Gasteiger partial charge in [0.2, 0.25) is 0 Å². The zero-order valence-corrected chi connectivity index (χ0v) is 12.6. The van der Waals surface area contributed by atoms with E-state index in [1.54, 1.807) is 6.92 Å². The highest BCUT2D eigenvalue weighted by Crippen LogP contribution is 2.38. The molecule has 0 radical (unpaired) electrons. The van der Waals surface area contributed by atoms with Gasteiger partial charge in [-0.1, -0.05) is 32.6 Å². The van der Waals surface area contributed by atoms with Crippen molar-refractivity contribution in [3.05, 3.63) is 0 Å². The predicted molar refractivity (Wildman–Crippen MR) is 72.9 cm³/mol. The normalized spacial score (nSPS) is 28.9. The lowest BCUT2D eigenvalue weighted by Crippen LogP contribution is -2.60. The minimum atomic E-state index is -2.45. The van der Waals surface area contributed by atoms with Gasteiger partial charge < -0.3 is 9.29 Å². The summed E-state index contributed by atoms with van der Waals surface area (Å²) in [6, 6.07) is 0. The molecule has 0 spiro atoms. The van der Waals surface area contributed by atoms with Crippen LogP contribution in [0.15, 0.2) is 0 Å². The zero-order chi connectivity index (χ0) is 14.3. The van der Waals surface area contributed by atoms with Crippen LogP contribution in [0.25, 0.3) is 0 Å². The maximum absolute atomic E-state index is 12.3. The number of nitrogens with one attached hydrogen (secondary N) is 1. The summed E-state index contributed by atoms with van der Waals surface area (Å²) in [5.41, 5.74) is -1.05. The molecule has 19 heavy (non-hydrogen) atoms. The highest BCUT2D eigenvalue weighted by atomic mass is 32.2. The van der Waals surface area contributed by atoms with Crippen molar-refractivity contribution in [2.45, 2.75) is 64.3 Å². The fraction of sp³-hybridized carbons (Fsp3) is 0.923. The van der Waals surface area contributed by atoms with E-state index in [9.17, 15) is 13.6 Å². The third-order valence-corrected chi connectivity index (χ3v) is 4.41. The summed E-state index contributed by atoms with van der Waals surface area (Å²) in [7, 11) is 0. The Morgan fingerprint density at radius 3 is 2.79 bits per heavy atom. The lowest BCUT2D eigenvalue weighted by molar-refractivity contribution is -0.154. The van der Waals surface area contributed by atoms with Gasteiger partial charge in [0.1, 0.15) is 5.54 Å². The molecule has 1 rings (SSSR count). The number of hydrogen-bond donors (Lipinski definition) is 1. The van der Waals surface area contributed by atoms with Crippen LogP contribution in [0.1, 0.15) is 58.8 Å². The maximum Gasteiger partial charge on any atom is 0.327 e. The minimum Gasteiger partial charge on any atom is -0.760 e. The fourth-order valence-corrected chi connectivity index (χ4v) is 3.59. The molecule has 0 aliphatic heterocycles. The summed E-state index contributed by atoms with van der Waals surface area (Å²) in [6.45, 7) is 4.10. The molecular formula is C13H24NO4S-. The van der Waals surface area contributed by atoms with E-state index in [4.69, 9.17) is 4.74 Å². The van der Waals surface area contributed by atoms with Crippen molar-refractivity contribution in [1.82, 2.24) is 4.72 Å². The SMILES string of the molecule is CCCCC1CCCCC1(NS(=O)[O-])C(=O)OCC. The number of hydrogen-bond acceptors (Lipinski definition) is 4. The first-order chi connectivity index (χ1) is 9.06. The van der Waals surface area contributed by atoms with Gasteiger partial charge in [0.25, 0.3) is 0 Å². The maximum atomic E-state index is 12.3. The van der Waals surface area contributed by atoms with E-state index < -0.39 is 22.8 Å². The third kappa shape index (κ3) is 4.26. The molecule has 3 atom stereocenters. The molecule has 0 bridgehead atoms. The van der Waals surface area contributed by atoms with Gasteiger partial charge in [0.05, 0.1) is 6.61 Å². The van der Waals surface area contributed by atoms with Gasteiger partial charge in [-0.25, -0.2) is 4.72 Å². The van der Waals surface area contributed by atoms with Crippen LogP contribution in [0.2, 0.25) is 0 Å². The quantitative estimate of drug-likeness (QED) is 0.575. The second-order valence-corrected chi connectivity index (χ2v) is 5.79. The number of unbranched alkanes of at least 4 members (excludes halogenated alkanes) is 1. The molecule has 1 N–H and O–H groups in total. The summed E-state index contributed by atoms with van der Waals surface area (Å²) in [5, 5.41) is 0. The predicted octanol–water partition coefficient (Wildman–Crippen LogP) is 2.05. The Bertz CT molecular complexity index is 324. The average molecular weight is 290 g/mol. The lowest BCUT2D eigenvalue weighted by atomic mass is 9.71. The summed E-state index contributed by atoms with van der Waals surface area (Å²) in [6.07, 6.45) is 6.21. The highest BCUT2D eigenvalue weighted by molar-refractivity contribution is 7.77. The highest BCUT2D eigenvalue weighted by Gasteiger charge is 2.48. The largest absolute Gasteiger partial charge is 0.760 e. The monoisotopic (exact) mass is 290 g/mol. The fourth-order valence-electron chi connectivity index (χ4n) is 2.94. The molecule has 3 unspecified atom stereocenters. The average Bonchev–Trinajstić information content (AvgIpc) is 2.37. The topological polar surface area (TPSA) is 78.5 Å². The van der Waals surface area contributed by atoms with Gasteiger partial charge in [0.15, 0.2) is 0 Å². The molecule has 1 aliphatic rings. The van der Waals surface area contributed by atoms with Crippen LogP contribution < -0.4 is 4.72 Å². The van der Waals surface area contributed by atoms with Crippen LogP contribution in [0.3, 0.4) is 0 Å². The van der Waals surface area contributed by atoms with Crippen LogP contribution in [-0.2, 0) is 20.8 Å². The Morgan fingerprint density at radius 1 is 1.47 bits per heavy atom. The Balaban J connectivity index is 2.94. The second-order valence-electron chi connectivity index (χ2n) is 5.11. The molecule has 0 aromatic heterocycles. The van der Waals surface area contributed by atoms with Crippen LogP contribution in [0.4, 0.5) is 0 Å². The molecule has 1 fully saturated rings.